The molecule has 0 aliphatic heterocycles. The maximum atomic E-state index is 4.47. The van der Waals surface area contributed by atoms with Crippen LogP contribution in [-0.4, -0.2) is 24.6 Å². The van der Waals surface area contributed by atoms with Crippen LogP contribution in [0.1, 0.15) is 38.7 Å². The van der Waals surface area contributed by atoms with E-state index in [1.54, 1.807) is 0 Å². The SMILES string of the molecule is CCN=C(NC(C)C)NC1CC1c1ccccc1. The van der Waals surface area contributed by atoms with Gasteiger partial charge in [-0.2, -0.15) is 0 Å². The van der Waals surface area contributed by atoms with E-state index in [2.05, 4.69) is 66.7 Å². The maximum absolute atomic E-state index is 4.47. The molecule has 3 nitrogen and oxygen atoms in total. The van der Waals surface area contributed by atoms with Gasteiger partial charge in [0, 0.05) is 24.5 Å². The van der Waals surface area contributed by atoms with Gasteiger partial charge in [0.05, 0.1) is 0 Å². The second-order valence-electron chi connectivity index (χ2n) is 5.13. The molecular formula is C15H23N3. The summed E-state index contributed by atoms with van der Waals surface area (Å²) in [4.78, 5) is 4.47. The fraction of sp³-hybridized carbons (Fsp3) is 0.533. The first-order chi connectivity index (χ1) is 8.70. The molecule has 0 amide bonds. The minimum atomic E-state index is 0.414. The zero-order valence-corrected chi connectivity index (χ0v) is 11.5. The van der Waals surface area contributed by atoms with Crippen molar-refractivity contribution in [1.82, 2.24) is 10.6 Å². The summed E-state index contributed by atoms with van der Waals surface area (Å²) < 4.78 is 0. The molecule has 2 atom stereocenters. The van der Waals surface area contributed by atoms with Crippen molar-refractivity contribution in [2.45, 2.75) is 45.2 Å². The van der Waals surface area contributed by atoms with Crippen LogP contribution in [0, 0.1) is 0 Å². The van der Waals surface area contributed by atoms with E-state index >= 15 is 0 Å². The van der Waals surface area contributed by atoms with E-state index in [0.29, 0.717) is 18.0 Å². The zero-order valence-electron chi connectivity index (χ0n) is 11.5. The average molecular weight is 245 g/mol. The highest BCUT2D eigenvalue weighted by atomic mass is 15.2. The van der Waals surface area contributed by atoms with Gasteiger partial charge in [-0.1, -0.05) is 30.3 Å². The Morgan fingerprint density at radius 3 is 2.67 bits per heavy atom. The van der Waals surface area contributed by atoms with Crippen LogP contribution in [0.15, 0.2) is 35.3 Å². The van der Waals surface area contributed by atoms with Crippen molar-refractivity contribution in [2.75, 3.05) is 6.54 Å². The van der Waals surface area contributed by atoms with Gasteiger partial charge < -0.3 is 10.6 Å². The van der Waals surface area contributed by atoms with Crippen LogP contribution in [0.25, 0.3) is 0 Å². The van der Waals surface area contributed by atoms with Crippen molar-refractivity contribution in [3.05, 3.63) is 35.9 Å². The van der Waals surface area contributed by atoms with Crippen LogP contribution < -0.4 is 10.6 Å². The van der Waals surface area contributed by atoms with Gasteiger partial charge in [-0.25, -0.2) is 0 Å². The van der Waals surface area contributed by atoms with Crippen molar-refractivity contribution >= 4 is 5.96 Å². The van der Waals surface area contributed by atoms with E-state index in [4.69, 9.17) is 0 Å². The smallest absolute Gasteiger partial charge is 0.191 e. The molecule has 0 saturated heterocycles. The van der Waals surface area contributed by atoms with Crippen LogP contribution >= 0.6 is 0 Å². The third kappa shape index (κ3) is 3.49. The Labute approximate surface area is 110 Å². The van der Waals surface area contributed by atoms with Crippen molar-refractivity contribution in [2.24, 2.45) is 4.99 Å². The molecule has 2 unspecified atom stereocenters. The fourth-order valence-electron chi connectivity index (χ4n) is 2.16. The lowest BCUT2D eigenvalue weighted by Gasteiger charge is -2.15. The molecule has 1 aromatic carbocycles. The van der Waals surface area contributed by atoms with Gasteiger partial charge in [-0.3, -0.25) is 4.99 Å². The molecule has 18 heavy (non-hydrogen) atoms. The summed E-state index contributed by atoms with van der Waals surface area (Å²) in [6, 6.07) is 11.6. The van der Waals surface area contributed by atoms with Crippen LogP contribution in [-0.2, 0) is 0 Å². The van der Waals surface area contributed by atoms with Crippen LogP contribution in [0.3, 0.4) is 0 Å². The summed E-state index contributed by atoms with van der Waals surface area (Å²) in [5.74, 6) is 1.58. The lowest BCUT2D eigenvalue weighted by Crippen LogP contribution is -2.42. The lowest BCUT2D eigenvalue weighted by molar-refractivity contribution is 0.692. The summed E-state index contributed by atoms with van der Waals surface area (Å²) >= 11 is 0. The van der Waals surface area contributed by atoms with E-state index in [-0.39, 0.29) is 0 Å². The van der Waals surface area contributed by atoms with Crippen molar-refractivity contribution in [1.29, 1.82) is 0 Å². The summed E-state index contributed by atoms with van der Waals surface area (Å²) in [7, 11) is 0. The first kappa shape index (κ1) is 12.9. The minimum absolute atomic E-state index is 0.414. The number of benzene rings is 1. The molecule has 2 N–H and O–H groups in total. The maximum Gasteiger partial charge on any atom is 0.191 e. The van der Waals surface area contributed by atoms with Crippen molar-refractivity contribution < 1.29 is 0 Å². The van der Waals surface area contributed by atoms with Gasteiger partial charge >= 0.3 is 0 Å². The molecule has 1 aliphatic carbocycles. The second-order valence-corrected chi connectivity index (χ2v) is 5.13. The van der Waals surface area contributed by atoms with Gasteiger partial charge in [0.15, 0.2) is 5.96 Å². The molecular weight excluding hydrogens is 222 g/mol. The average Bonchev–Trinajstić information content (AvgIpc) is 3.09. The number of aliphatic imine (C=N–C) groups is 1. The number of nitrogens with zero attached hydrogens (tertiary/aromatic N) is 1. The molecule has 1 aliphatic rings. The van der Waals surface area contributed by atoms with Gasteiger partial charge in [0.1, 0.15) is 0 Å². The van der Waals surface area contributed by atoms with Gasteiger partial charge in [0.2, 0.25) is 0 Å². The zero-order chi connectivity index (χ0) is 13.0. The highest BCUT2D eigenvalue weighted by molar-refractivity contribution is 5.80. The Bertz CT molecular complexity index is 397. The van der Waals surface area contributed by atoms with Gasteiger partial charge in [-0.05, 0) is 32.8 Å². The number of hydrogen-bond donors (Lipinski definition) is 2. The number of nitrogens with one attached hydrogen (secondary N) is 2. The summed E-state index contributed by atoms with van der Waals surface area (Å²) in [5.41, 5.74) is 1.43. The Balaban J connectivity index is 1.90. The molecule has 1 aromatic rings. The summed E-state index contributed by atoms with van der Waals surface area (Å²) in [6.45, 7) is 7.14. The van der Waals surface area contributed by atoms with E-state index in [9.17, 15) is 0 Å². The third-order valence-corrected chi connectivity index (χ3v) is 3.08. The monoisotopic (exact) mass is 245 g/mol. The Hall–Kier alpha value is -1.51. The molecule has 0 heterocycles. The van der Waals surface area contributed by atoms with Crippen LogP contribution in [0.5, 0.6) is 0 Å². The lowest BCUT2D eigenvalue weighted by atomic mass is 10.1. The fourth-order valence-corrected chi connectivity index (χ4v) is 2.16. The van der Waals surface area contributed by atoms with E-state index < -0.39 is 0 Å². The van der Waals surface area contributed by atoms with Crippen molar-refractivity contribution in [3.8, 4) is 0 Å². The summed E-state index contributed by atoms with van der Waals surface area (Å²) in [5, 5.41) is 6.87. The van der Waals surface area contributed by atoms with Crippen molar-refractivity contribution in [3.63, 3.8) is 0 Å². The minimum Gasteiger partial charge on any atom is -0.354 e. The Morgan fingerprint density at radius 2 is 2.06 bits per heavy atom. The van der Waals surface area contributed by atoms with E-state index in [1.807, 2.05) is 0 Å². The number of rotatable bonds is 4. The van der Waals surface area contributed by atoms with Crippen LogP contribution in [0.4, 0.5) is 0 Å². The number of hydrogen-bond acceptors (Lipinski definition) is 1. The molecule has 1 fully saturated rings. The highest BCUT2D eigenvalue weighted by Crippen LogP contribution is 2.40. The van der Waals surface area contributed by atoms with Gasteiger partial charge in [0.25, 0.3) is 0 Å². The molecule has 2 rings (SSSR count). The van der Waals surface area contributed by atoms with Crippen LogP contribution in [0.2, 0.25) is 0 Å². The first-order valence-corrected chi connectivity index (χ1v) is 6.83. The number of guanidine groups is 1. The predicted molar refractivity (Wildman–Crippen MR) is 77.0 cm³/mol. The third-order valence-electron chi connectivity index (χ3n) is 3.08. The predicted octanol–water partition coefficient (Wildman–Crippen LogP) is 2.51. The molecule has 1 saturated carbocycles. The second kappa shape index (κ2) is 5.89. The Kier molecular flexibility index (Phi) is 4.24. The quantitative estimate of drug-likeness (QED) is 0.631. The van der Waals surface area contributed by atoms with E-state index in [1.165, 1.54) is 12.0 Å². The molecule has 98 valence electrons. The molecule has 3 heteroatoms. The highest BCUT2D eigenvalue weighted by Gasteiger charge is 2.38. The Morgan fingerprint density at radius 1 is 1.33 bits per heavy atom. The normalized spacial score (nSPS) is 23.0. The molecule has 0 bridgehead atoms. The summed E-state index contributed by atoms with van der Waals surface area (Å²) in [6.07, 6.45) is 1.20. The first-order valence-electron chi connectivity index (χ1n) is 6.83. The molecule has 0 aromatic heterocycles. The molecule has 0 spiro atoms. The largest absolute Gasteiger partial charge is 0.354 e. The van der Waals surface area contributed by atoms with E-state index in [0.717, 1.165) is 12.5 Å². The standard InChI is InChI=1S/C15H23N3/c1-4-16-15(17-11(2)3)18-14-10-13(14)12-8-6-5-7-9-12/h5-9,11,13-14H,4,10H2,1-3H3,(H2,16,17,18). The molecule has 0 radical (unpaired) electrons. The van der Waals surface area contributed by atoms with Gasteiger partial charge in [-0.15, -0.1) is 0 Å². The topological polar surface area (TPSA) is 36.4 Å².